The van der Waals surface area contributed by atoms with Crippen LogP contribution in [0.5, 0.6) is 5.75 Å². The molecule has 132 valence electrons. The third-order valence-electron chi connectivity index (χ3n) is 3.45. The Kier molecular flexibility index (Phi) is 6.42. The van der Waals surface area contributed by atoms with Crippen molar-refractivity contribution in [2.75, 3.05) is 18.5 Å². The van der Waals surface area contributed by atoms with E-state index in [-0.39, 0.29) is 29.7 Å². The zero-order valence-corrected chi connectivity index (χ0v) is 15.1. The van der Waals surface area contributed by atoms with Gasteiger partial charge in [0.1, 0.15) is 5.75 Å². The minimum Gasteiger partial charge on any atom is -0.483 e. The number of carbonyl (C=O) groups excluding carboxylic acids is 2. The molecule has 0 bridgehead atoms. The lowest BCUT2D eigenvalue weighted by atomic mass is 10.1. The highest BCUT2D eigenvalue weighted by Gasteiger charge is 2.13. The number of hydrogen-bond acceptors (Lipinski definition) is 4. The lowest BCUT2D eigenvalue weighted by molar-refractivity contribution is -0.118. The van der Waals surface area contributed by atoms with Crippen molar-refractivity contribution in [3.8, 4) is 5.75 Å². The fourth-order valence-electron chi connectivity index (χ4n) is 2.17. The maximum Gasteiger partial charge on any atom is 0.339 e. The Bertz CT molecular complexity index is 789. The standard InChI is InChI=1S/C19H20ClNO4/c1-4-24-19(23)15-10-14(7-8-16(15)20)21-18(22)11-25-17-9-12(2)5-6-13(17)3/h5-10H,4,11H2,1-3H3,(H,21,22). The Hall–Kier alpha value is -2.53. The fraction of sp³-hybridized carbons (Fsp3) is 0.263. The molecule has 6 heteroatoms. The van der Waals surface area contributed by atoms with Gasteiger partial charge in [0.15, 0.2) is 6.61 Å². The Balaban J connectivity index is 2.02. The van der Waals surface area contributed by atoms with Crippen molar-refractivity contribution in [2.45, 2.75) is 20.8 Å². The molecule has 0 aliphatic rings. The van der Waals surface area contributed by atoms with Gasteiger partial charge in [0, 0.05) is 5.69 Å². The van der Waals surface area contributed by atoms with E-state index < -0.39 is 5.97 Å². The van der Waals surface area contributed by atoms with E-state index in [9.17, 15) is 9.59 Å². The van der Waals surface area contributed by atoms with E-state index >= 15 is 0 Å². The number of ether oxygens (including phenoxy) is 2. The molecular weight excluding hydrogens is 342 g/mol. The summed E-state index contributed by atoms with van der Waals surface area (Å²) in [7, 11) is 0. The summed E-state index contributed by atoms with van der Waals surface area (Å²) in [5.74, 6) is -0.202. The molecule has 0 fully saturated rings. The van der Waals surface area contributed by atoms with Gasteiger partial charge in [-0.3, -0.25) is 4.79 Å². The summed E-state index contributed by atoms with van der Waals surface area (Å²) >= 11 is 6.00. The number of hydrogen-bond donors (Lipinski definition) is 1. The second-order valence-corrected chi connectivity index (χ2v) is 5.93. The molecule has 0 aromatic heterocycles. The van der Waals surface area contributed by atoms with Gasteiger partial charge >= 0.3 is 5.97 Å². The average Bonchev–Trinajstić information content (AvgIpc) is 2.57. The average molecular weight is 362 g/mol. The Morgan fingerprint density at radius 1 is 1.12 bits per heavy atom. The van der Waals surface area contributed by atoms with Crippen LogP contribution in [-0.2, 0) is 9.53 Å². The second-order valence-electron chi connectivity index (χ2n) is 5.52. The summed E-state index contributed by atoms with van der Waals surface area (Å²) in [5, 5.41) is 2.95. The van der Waals surface area contributed by atoms with Gasteiger partial charge in [-0.05, 0) is 56.2 Å². The summed E-state index contributed by atoms with van der Waals surface area (Å²) in [4.78, 5) is 23.9. The molecular formula is C19H20ClNO4. The maximum absolute atomic E-state index is 12.1. The minimum absolute atomic E-state index is 0.137. The minimum atomic E-state index is -0.532. The highest BCUT2D eigenvalue weighted by Crippen LogP contribution is 2.22. The van der Waals surface area contributed by atoms with Crippen LogP contribution in [0.1, 0.15) is 28.4 Å². The molecule has 2 aromatic rings. The first-order valence-corrected chi connectivity index (χ1v) is 8.25. The van der Waals surface area contributed by atoms with Gasteiger partial charge in [-0.1, -0.05) is 23.7 Å². The quantitative estimate of drug-likeness (QED) is 0.785. The summed E-state index contributed by atoms with van der Waals surface area (Å²) in [6.45, 7) is 5.69. The number of nitrogens with one attached hydrogen (secondary N) is 1. The first-order chi connectivity index (χ1) is 11.9. The molecule has 0 aliphatic heterocycles. The van der Waals surface area contributed by atoms with Crippen LogP contribution in [0.2, 0.25) is 5.02 Å². The van der Waals surface area contributed by atoms with Crippen molar-refractivity contribution in [3.63, 3.8) is 0 Å². The first-order valence-electron chi connectivity index (χ1n) is 7.87. The Morgan fingerprint density at radius 3 is 2.60 bits per heavy atom. The lowest BCUT2D eigenvalue weighted by Crippen LogP contribution is -2.20. The maximum atomic E-state index is 12.1. The van der Waals surface area contributed by atoms with Gasteiger partial charge < -0.3 is 14.8 Å². The van der Waals surface area contributed by atoms with Crippen molar-refractivity contribution < 1.29 is 19.1 Å². The third-order valence-corrected chi connectivity index (χ3v) is 3.78. The predicted molar refractivity (Wildman–Crippen MR) is 97.4 cm³/mol. The molecule has 0 spiro atoms. The molecule has 0 unspecified atom stereocenters. The number of halogens is 1. The van der Waals surface area contributed by atoms with E-state index in [1.165, 1.54) is 12.1 Å². The van der Waals surface area contributed by atoms with Crippen LogP contribution in [-0.4, -0.2) is 25.1 Å². The number of rotatable bonds is 6. The van der Waals surface area contributed by atoms with Crippen LogP contribution in [0.4, 0.5) is 5.69 Å². The van der Waals surface area contributed by atoms with Gasteiger partial charge in [-0.15, -0.1) is 0 Å². The zero-order valence-electron chi connectivity index (χ0n) is 14.4. The normalized spacial score (nSPS) is 10.2. The number of amides is 1. The van der Waals surface area contributed by atoms with E-state index in [0.717, 1.165) is 11.1 Å². The highest BCUT2D eigenvalue weighted by atomic mass is 35.5. The molecule has 1 N–H and O–H groups in total. The number of benzene rings is 2. The van der Waals surface area contributed by atoms with Gasteiger partial charge in [0.05, 0.1) is 17.2 Å². The van der Waals surface area contributed by atoms with Crippen LogP contribution in [0.25, 0.3) is 0 Å². The smallest absolute Gasteiger partial charge is 0.339 e. The molecule has 0 radical (unpaired) electrons. The summed E-state index contributed by atoms with van der Waals surface area (Å²) in [5.41, 5.74) is 2.66. The fourth-order valence-corrected chi connectivity index (χ4v) is 2.37. The molecule has 2 rings (SSSR count). The lowest BCUT2D eigenvalue weighted by Gasteiger charge is -2.11. The van der Waals surface area contributed by atoms with E-state index in [1.54, 1.807) is 13.0 Å². The Morgan fingerprint density at radius 2 is 1.88 bits per heavy atom. The van der Waals surface area contributed by atoms with E-state index in [2.05, 4.69) is 5.32 Å². The molecule has 0 heterocycles. The van der Waals surface area contributed by atoms with Gasteiger partial charge in [-0.2, -0.15) is 0 Å². The number of aryl methyl sites for hydroxylation is 2. The van der Waals surface area contributed by atoms with Crippen molar-refractivity contribution in [1.82, 2.24) is 0 Å². The highest BCUT2D eigenvalue weighted by molar-refractivity contribution is 6.33. The molecule has 0 atom stereocenters. The van der Waals surface area contributed by atoms with E-state index in [1.807, 2.05) is 32.0 Å². The van der Waals surface area contributed by atoms with Crippen LogP contribution < -0.4 is 10.1 Å². The monoisotopic (exact) mass is 361 g/mol. The van der Waals surface area contributed by atoms with Gasteiger partial charge in [-0.25, -0.2) is 4.79 Å². The molecule has 0 saturated carbocycles. The topological polar surface area (TPSA) is 64.6 Å². The van der Waals surface area contributed by atoms with Gasteiger partial charge in [0.2, 0.25) is 0 Å². The van der Waals surface area contributed by atoms with Crippen molar-refractivity contribution >= 4 is 29.2 Å². The van der Waals surface area contributed by atoms with E-state index in [4.69, 9.17) is 21.1 Å². The molecule has 0 saturated heterocycles. The van der Waals surface area contributed by atoms with Crippen LogP contribution in [0, 0.1) is 13.8 Å². The van der Waals surface area contributed by atoms with Crippen molar-refractivity contribution in [1.29, 1.82) is 0 Å². The number of anilines is 1. The largest absolute Gasteiger partial charge is 0.483 e. The van der Waals surface area contributed by atoms with Crippen LogP contribution in [0.3, 0.4) is 0 Å². The second kappa shape index (κ2) is 8.53. The Labute approximate surface area is 151 Å². The summed E-state index contributed by atoms with van der Waals surface area (Å²) < 4.78 is 10.5. The number of esters is 1. The molecule has 25 heavy (non-hydrogen) atoms. The first kappa shape index (κ1) is 18.8. The van der Waals surface area contributed by atoms with Crippen LogP contribution >= 0.6 is 11.6 Å². The molecule has 2 aromatic carbocycles. The third kappa shape index (κ3) is 5.22. The molecule has 5 nitrogen and oxygen atoms in total. The summed E-state index contributed by atoms with van der Waals surface area (Å²) in [6.07, 6.45) is 0. The van der Waals surface area contributed by atoms with E-state index in [0.29, 0.717) is 11.4 Å². The number of carbonyl (C=O) groups is 2. The SMILES string of the molecule is CCOC(=O)c1cc(NC(=O)COc2cc(C)ccc2C)ccc1Cl. The van der Waals surface area contributed by atoms with Gasteiger partial charge in [0.25, 0.3) is 5.91 Å². The summed E-state index contributed by atoms with van der Waals surface area (Å²) in [6, 6.07) is 10.4. The molecule has 1 amide bonds. The predicted octanol–water partition coefficient (Wildman–Crippen LogP) is 4.15. The van der Waals surface area contributed by atoms with Crippen LogP contribution in [0.15, 0.2) is 36.4 Å². The molecule has 0 aliphatic carbocycles. The zero-order chi connectivity index (χ0) is 18.4. The van der Waals surface area contributed by atoms with Crippen molar-refractivity contribution in [2.24, 2.45) is 0 Å². The van der Waals surface area contributed by atoms with Crippen molar-refractivity contribution in [3.05, 3.63) is 58.1 Å².